The number of nitrogens with one attached hydrogen (secondary N) is 1. The van der Waals surface area contributed by atoms with Gasteiger partial charge in [0.05, 0.1) is 24.9 Å². The molecule has 2 atom stereocenters. The van der Waals surface area contributed by atoms with Crippen molar-refractivity contribution in [2.24, 2.45) is 5.16 Å². The fourth-order valence-corrected chi connectivity index (χ4v) is 5.78. The number of hydrogen-bond donors (Lipinski definition) is 3. The maximum absolute atomic E-state index is 13.3. The maximum Gasteiger partial charge on any atom is 0.352 e. The molecule has 15 nitrogen and oxygen atoms in total. The fraction of sp³-hybridized carbons (Fsp3) is 0.417. The van der Waals surface area contributed by atoms with Crippen LogP contribution in [0.5, 0.6) is 0 Å². The van der Waals surface area contributed by atoms with Crippen LogP contribution >= 0.6 is 23.3 Å². The molecule has 0 aromatic carbocycles. The third-order valence-electron chi connectivity index (χ3n) is 6.00. The number of carbonyl (C=O) groups is 4. The largest absolute Gasteiger partial charge is 0.543 e. The number of nitrogen functional groups attached to an aromatic ring is 1. The summed E-state index contributed by atoms with van der Waals surface area (Å²) in [7, 11) is 0. The summed E-state index contributed by atoms with van der Waals surface area (Å²) in [5.41, 5.74) is 4.45. The number of carboxylic acid groups (broad SMARTS) is 1. The highest BCUT2D eigenvalue weighted by molar-refractivity contribution is 8.00. The van der Waals surface area contributed by atoms with E-state index in [0.29, 0.717) is 11.1 Å². The van der Waals surface area contributed by atoms with Gasteiger partial charge in [0.15, 0.2) is 24.1 Å². The van der Waals surface area contributed by atoms with Crippen LogP contribution in [0.3, 0.4) is 0 Å². The Morgan fingerprint density at radius 2 is 2.15 bits per heavy atom. The van der Waals surface area contributed by atoms with E-state index >= 15 is 0 Å². The van der Waals surface area contributed by atoms with Crippen LogP contribution in [0.4, 0.5) is 5.13 Å². The number of aliphatic carboxylic acids is 1. The lowest BCUT2D eigenvalue weighted by atomic mass is 10.0. The van der Waals surface area contributed by atoms with Crippen LogP contribution in [0.25, 0.3) is 0 Å². The molecule has 1 fully saturated rings. The van der Waals surface area contributed by atoms with Crippen molar-refractivity contribution in [2.45, 2.75) is 50.9 Å². The van der Waals surface area contributed by atoms with Crippen molar-refractivity contribution in [2.75, 3.05) is 18.1 Å². The molecule has 4 rings (SSSR count). The highest BCUT2D eigenvalue weighted by atomic mass is 32.2. The molecule has 0 bridgehead atoms. The number of fused-ring (bicyclic) bond motifs is 1. The van der Waals surface area contributed by atoms with Gasteiger partial charge in [-0.2, -0.15) is 9.36 Å². The number of hydrogen-bond acceptors (Lipinski definition) is 14. The van der Waals surface area contributed by atoms with Gasteiger partial charge in [-0.3, -0.25) is 14.5 Å². The zero-order chi connectivity index (χ0) is 29.9. The van der Waals surface area contributed by atoms with E-state index in [4.69, 9.17) is 15.3 Å². The van der Waals surface area contributed by atoms with Crippen LogP contribution in [-0.4, -0.2) is 78.2 Å². The average molecular weight is 606 g/mol. The lowest BCUT2D eigenvalue weighted by Crippen LogP contribution is -2.71. The number of aromatic nitrogens is 3. The number of β-lactam (4-membered cyclic amide) rings is 1. The number of carboxylic acids is 1. The van der Waals surface area contributed by atoms with E-state index in [1.54, 1.807) is 36.0 Å². The van der Waals surface area contributed by atoms with Crippen molar-refractivity contribution in [3.63, 3.8) is 0 Å². The van der Waals surface area contributed by atoms with E-state index in [-0.39, 0.29) is 42.2 Å². The van der Waals surface area contributed by atoms with Gasteiger partial charge < -0.3 is 35.6 Å². The molecule has 2 aliphatic rings. The predicted molar refractivity (Wildman–Crippen MR) is 142 cm³/mol. The first-order valence-electron chi connectivity index (χ1n) is 12.3. The quantitative estimate of drug-likeness (QED) is 0.0840. The summed E-state index contributed by atoms with van der Waals surface area (Å²) in [6, 6.07) is 2.33. The number of oxime groups is 1. The monoisotopic (exact) mass is 605 g/mol. The third-order valence-corrected chi connectivity index (χ3v) is 7.89. The Kier molecular flexibility index (Phi) is 8.89. The van der Waals surface area contributed by atoms with Gasteiger partial charge in [-0.05, 0) is 26.8 Å². The van der Waals surface area contributed by atoms with Gasteiger partial charge in [-0.1, -0.05) is 5.16 Å². The molecule has 2 aromatic rings. The minimum Gasteiger partial charge on any atom is -0.543 e. The van der Waals surface area contributed by atoms with Crippen molar-refractivity contribution in [1.29, 1.82) is 0 Å². The number of nitrogens with zero attached hydrogens (tertiary/aromatic N) is 5. The molecule has 1 saturated heterocycles. The van der Waals surface area contributed by atoms with Crippen LogP contribution in [0.15, 0.2) is 41.0 Å². The van der Waals surface area contributed by atoms with Gasteiger partial charge >= 0.3 is 5.97 Å². The summed E-state index contributed by atoms with van der Waals surface area (Å²) in [5.74, 6) is -3.77. The number of esters is 1. The Balaban J connectivity index is 1.54. The van der Waals surface area contributed by atoms with Gasteiger partial charge in [-0.25, -0.2) is 9.36 Å². The molecule has 17 heteroatoms. The van der Waals surface area contributed by atoms with E-state index in [1.165, 1.54) is 25.6 Å². The van der Waals surface area contributed by atoms with Crippen LogP contribution < -0.4 is 20.7 Å². The normalized spacial score (nSPS) is 18.9. The Bertz CT molecular complexity index is 1440. The number of rotatable bonds is 11. The molecule has 218 valence electrons. The van der Waals surface area contributed by atoms with Crippen molar-refractivity contribution in [3.8, 4) is 0 Å². The molecule has 0 saturated carbocycles. The summed E-state index contributed by atoms with van der Waals surface area (Å²) >= 11 is 2.06. The number of aliphatic hydroxyl groups excluding tert-OH is 1. The maximum atomic E-state index is 13.3. The Hall–Kier alpha value is -4.09. The SMILES string of the molecule is CCOC(=O)C(C)(C)ON=C(C(=O)NC1C(=O)N2C(C(=O)[O-])=C(C[n+]3cccc(CO)c3)CS[C@H]12)c1nsc(N)n1. The molecule has 2 aromatic heterocycles. The van der Waals surface area contributed by atoms with E-state index in [0.717, 1.165) is 16.4 Å². The minimum atomic E-state index is -1.56. The van der Waals surface area contributed by atoms with Crippen molar-refractivity contribution < 1.29 is 43.5 Å². The molecule has 41 heavy (non-hydrogen) atoms. The van der Waals surface area contributed by atoms with Gasteiger partial charge in [0.1, 0.15) is 11.4 Å². The molecule has 2 amide bonds. The second-order valence-corrected chi connectivity index (χ2v) is 11.2. The predicted octanol–water partition coefficient (Wildman–Crippen LogP) is -1.93. The van der Waals surface area contributed by atoms with E-state index < -0.39 is 46.5 Å². The van der Waals surface area contributed by atoms with Crippen LogP contribution in [0, 0.1) is 0 Å². The van der Waals surface area contributed by atoms with Crippen molar-refractivity contribution in [1.82, 2.24) is 19.6 Å². The van der Waals surface area contributed by atoms with Crippen molar-refractivity contribution in [3.05, 3.63) is 47.2 Å². The fourth-order valence-electron chi connectivity index (χ4n) is 4.01. The van der Waals surface area contributed by atoms with Crippen LogP contribution in [-0.2, 0) is 41.9 Å². The molecule has 4 heterocycles. The summed E-state index contributed by atoms with van der Waals surface area (Å²) < 4.78 is 10.6. The number of ether oxygens (including phenoxy) is 1. The highest BCUT2D eigenvalue weighted by Gasteiger charge is 2.53. The van der Waals surface area contributed by atoms with Gasteiger partial charge in [0.25, 0.3) is 11.8 Å². The second kappa shape index (κ2) is 12.2. The third kappa shape index (κ3) is 6.31. The summed E-state index contributed by atoms with van der Waals surface area (Å²) in [6.07, 6.45) is 3.38. The summed E-state index contributed by atoms with van der Waals surface area (Å²) in [5, 5.41) is 27.1. The molecule has 2 aliphatic heterocycles. The molecule has 4 N–H and O–H groups in total. The lowest BCUT2D eigenvalue weighted by Gasteiger charge is -2.50. The first-order chi connectivity index (χ1) is 19.5. The Morgan fingerprint density at radius 3 is 2.78 bits per heavy atom. The zero-order valence-electron chi connectivity index (χ0n) is 22.2. The highest BCUT2D eigenvalue weighted by Crippen LogP contribution is 2.40. The summed E-state index contributed by atoms with van der Waals surface area (Å²) in [6.45, 7) is 4.47. The Morgan fingerprint density at radius 1 is 1.39 bits per heavy atom. The number of amides is 2. The second-order valence-electron chi connectivity index (χ2n) is 9.36. The van der Waals surface area contributed by atoms with Gasteiger partial charge in [-0.15, -0.1) is 11.8 Å². The topological polar surface area (TPSA) is 213 Å². The molecule has 0 aliphatic carbocycles. The molecular weight excluding hydrogens is 578 g/mol. The number of aliphatic hydroxyl groups is 1. The number of pyridine rings is 1. The van der Waals surface area contributed by atoms with Gasteiger partial charge in [0, 0.05) is 34.5 Å². The minimum absolute atomic E-state index is 0.0394. The molecule has 1 unspecified atom stereocenters. The number of thioether (sulfide) groups is 1. The standard InChI is InChI=1S/C24H27N7O8S2/c1-4-38-22(37)24(2,3)39-28-14(17-27-23(25)41-29-17)18(33)26-15-19(34)31-16(21(35)36)13(11-40-20(15)31)9-30-7-5-6-12(8-30)10-32/h5-8,15,20,32H,4,9-11H2,1-3H3,(H3-,25,26,27,29,33,35,36)/t15?,20-/m1/s1. The van der Waals surface area contributed by atoms with Crippen LogP contribution in [0.2, 0.25) is 0 Å². The smallest absolute Gasteiger partial charge is 0.352 e. The molecule has 0 spiro atoms. The van der Waals surface area contributed by atoms with E-state index in [1.807, 2.05) is 0 Å². The lowest BCUT2D eigenvalue weighted by molar-refractivity contribution is -0.689. The number of anilines is 1. The Labute approximate surface area is 242 Å². The first kappa shape index (κ1) is 29.9. The van der Waals surface area contributed by atoms with E-state index in [2.05, 4.69) is 19.8 Å². The average Bonchev–Trinajstić information content (AvgIpc) is 3.37. The van der Waals surface area contributed by atoms with Crippen molar-refractivity contribution >= 4 is 57.9 Å². The zero-order valence-corrected chi connectivity index (χ0v) is 23.9. The number of carbonyl (C=O) groups excluding carboxylic acids is 4. The summed E-state index contributed by atoms with van der Waals surface area (Å²) in [4.78, 5) is 61.1. The first-order valence-corrected chi connectivity index (χ1v) is 14.1. The van der Waals surface area contributed by atoms with Gasteiger partial charge in [0.2, 0.25) is 17.1 Å². The molecular formula is C24H27N7O8S2. The van der Waals surface area contributed by atoms with Crippen LogP contribution in [0.1, 0.15) is 32.2 Å². The van der Waals surface area contributed by atoms with E-state index in [9.17, 15) is 29.4 Å². The molecule has 0 radical (unpaired) electrons. The number of nitrogens with two attached hydrogens (primary N) is 1.